The van der Waals surface area contributed by atoms with E-state index in [1.165, 1.54) is 10.9 Å². The Kier molecular flexibility index (Phi) is 6.61. The smallest absolute Gasteiger partial charge is 0.257 e. The number of ether oxygens (including phenoxy) is 1. The molecule has 3 aromatic rings. The van der Waals surface area contributed by atoms with E-state index in [1.54, 1.807) is 0 Å². The first kappa shape index (κ1) is 24.0. The highest BCUT2D eigenvalue weighted by Gasteiger charge is 2.42. The second-order valence-corrected chi connectivity index (χ2v) is 10.2. The SMILES string of the molecule is CN1c2ccccc2C(=O)N2CCc3c(n(CCC(=O)NCCCN4CCOCC4)c4ccccc34)[C@@H]21. The summed E-state index contributed by atoms with van der Waals surface area (Å²) in [6.07, 6.45) is 1.98. The number of anilines is 1. The summed E-state index contributed by atoms with van der Waals surface area (Å²) in [7, 11) is 2.07. The van der Waals surface area contributed by atoms with E-state index in [2.05, 4.69) is 51.0 Å². The number of morpholine rings is 1. The van der Waals surface area contributed by atoms with Gasteiger partial charge in [0.25, 0.3) is 5.91 Å². The van der Waals surface area contributed by atoms with E-state index in [-0.39, 0.29) is 18.0 Å². The maximum absolute atomic E-state index is 13.5. The molecule has 1 atom stereocenters. The highest BCUT2D eigenvalue weighted by molar-refractivity contribution is 6.02. The third-order valence-corrected chi connectivity index (χ3v) is 8.04. The predicted octanol–water partition coefficient (Wildman–Crippen LogP) is 3.02. The van der Waals surface area contributed by atoms with E-state index in [0.717, 1.165) is 68.2 Å². The van der Waals surface area contributed by atoms with Gasteiger partial charge < -0.3 is 24.4 Å². The molecule has 37 heavy (non-hydrogen) atoms. The normalized spacial score (nSPS) is 19.5. The molecule has 194 valence electrons. The number of para-hydroxylation sites is 2. The lowest BCUT2D eigenvalue weighted by atomic mass is 9.96. The van der Waals surface area contributed by atoms with Gasteiger partial charge in [-0.2, -0.15) is 0 Å². The number of aromatic nitrogens is 1. The molecular weight excluding hydrogens is 466 g/mol. The molecule has 1 saturated heterocycles. The lowest BCUT2D eigenvalue weighted by Crippen LogP contribution is -2.51. The molecule has 2 aromatic carbocycles. The lowest BCUT2D eigenvalue weighted by molar-refractivity contribution is -0.121. The van der Waals surface area contributed by atoms with Gasteiger partial charge in [-0.15, -0.1) is 0 Å². The average Bonchev–Trinajstić information content (AvgIpc) is 3.27. The Hall–Kier alpha value is -3.36. The Balaban J connectivity index is 1.22. The lowest BCUT2D eigenvalue weighted by Gasteiger charge is -2.46. The summed E-state index contributed by atoms with van der Waals surface area (Å²) in [4.78, 5) is 32.9. The van der Waals surface area contributed by atoms with Gasteiger partial charge in [0.2, 0.25) is 5.91 Å². The van der Waals surface area contributed by atoms with Crippen LogP contribution in [-0.2, 0) is 22.5 Å². The van der Waals surface area contributed by atoms with Crippen LogP contribution in [-0.4, -0.2) is 79.2 Å². The van der Waals surface area contributed by atoms with E-state index in [0.29, 0.717) is 26.1 Å². The zero-order valence-electron chi connectivity index (χ0n) is 21.5. The summed E-state index contributed by atoms with van der Waals surface area (Å²) in [5.41, 5.74) is 5.27. The molecule has 0 saturated carbocycles. The van der Waals surface area contributed by atoms with Crippen molar-refractivity contribution in [2.75, 3.05) is 57.9 Å². The molecule has 4 heterocycles. The zero-order valence-corrected chi connectivity index (χ0v) is 21.5. The molecule has 0 bridgehead atoms. The molecule has 8 nitrogen and oxygen atoms in total. The van der Waals surface area contributed by atoms with E-state index >= 15 is 0 Å². The number of carbonyl (C=O) groups is 2. The van der Waals surface area contributed by atoms with Crippen LogP contribution in [0.15, 0.2) is 48.5 Å². The summed E-state index contributed by atoms with van der Waals surface area (Å²) < 4.78 is 7.69. The first-order valence-electron chi connectivity index (χ1n) is 13.4. The van der Waals surface area contributed by atoms with Crippen molar-refractivity contribution in [2.24, 2.45) is 0 Å². The molecule has 3 aliphatic rings. The topological polar surface area (TPSA) is 70.1 Å². The molecule has 1 fully saturated rings. The number of hydrogen-bond donors (Lipinski definition) is 1. The van der Waals surface area contributed by atoms with Crippen LogP contribution in [0.2, 0.25) is 0 Å². The number of rotatable bonds is 7. The van der Waals surface area contributed by atoms with E-state index in [9.17, 15) is 9.59 Å². The Bertz CT molecular complexity index is 1310. The standard InChI is InChI=1S/C29H35N5O3/c1-31-24-9-4-3-8-23(24)29(36)34-15-11-22-21-7-2-5-10-25(21)33(27(22)28(31)34)16-12-26(35)30-13-6-14-32-17-19-37-20-18-32/h2-5,7-10,28H,6,11-20H2,1H3,(H,30,35)/t28-/m1/s1. The van der Waals surface area contributed by atoms with Crippen molar-refractivity contribution >= 4 is 28.4 Å². The van der Waals surface area contributed by atoms with Gasteiger partial charge in [-0.3, -0.25) is 14.5 Å². The summed E-state index contributed by atoms with van der Waals surface area (Å²) in [5.74, 6) is 0.152. The Labute approximate surface area is 217 Å². The van der Waals surface area contributed by atoms with Crippen LogP contribution >= 0.6 is 0 Å². The van der Waals surface area contributed by atoms with Gasteiger partial charge in [-0.25, -0.2) is 0 Å². The largest absolute Gasteiger partial charge is 0.379 e. The summed E-state index contributed by atoms with van der Waals surface area (Å²) in [6, 6.07) is 16.3. The Morgan fingerprint density at radius 2 is 1.81 bits per heavy atom. The van der Waals surface area contributed by atoms with E-state index in [1.807, 2.05) is 29.2 Å². The average molecular weight is 502 g/mol. The monoisotopic (exact) mass is 501 g/mol. The molecule has 0 aliphatic carbocycles. The number of aryl methyl sites for hydroxylation is 1. The fourth-order valence-electron chi connectivity index (χ4n) is 6.21. The van der Waals surface area contributed by atoms with Gasteiger partial charge in [0.15, 0.2) is 0 Å². The molecule has 6 rings (SSSR count). The van der Waals surface area contributed by atoms with Crippen LogP contribution in [0.3, 0.4) is 0 Å². The van der Waals surface area contributed by atoms with Gasteiger partial charge in [0.1, 0.15) is 6.17 Å². The molecular formula is C29H35N5O3. The number of amides is 2. The van der Waals surface area contributed by atoms with Gasteiger partial charge in [-0.1, -0.05) is 30.3 Å². The zero-order chi connectivity index (χ0) is 25.4. The maximum atomic E-state index is 13.5. The van der Waals surface area contributed by atoms with Crippen molar-refractivity contribution in [2.45, 2.75) is 32.0 Å². The first-order valence-corrected chi connectivity index (χ1v) is 13.4. The van der Waals surface area contributed by atoms with E-state index < -0.39 is 0 Å². The van der Waals surface area contributed by atoms with Crippen LogP contribution < -0.4 is 10.2 Å². The molecule has 1 aromatic heterocycles. The molecule has 0 unspecified atom stereocenters. The Morgan fingerprint density at radius 3 is 2.68 bits per heavy atom. The van der Waals surface area contributed by atoms with Crippen molar-refractivity contribution < 1.29 is 14.3 Å². The summed E-state index contributed by atoms with van der Waals surface area (Å²) in [5, 5.41) is 4.34. The van der Waals surface area contributed by atoms with Crippen molar-refractivity contribution in [1.29, 1.82) is 0 Å². The van der Waals surface area contributed by atoms with E-state index in [4.69, 9.17) is 4.74 Å². The van der Waals surface area contributed by atoms with Crippen molar-refractivity contribution in [3.8, 4) is 0 Å². The number of nitrogens with zero attached hydrogens (tertiary/aromatic N) is 4. The number of benzene rings is 2. The summed E-state index contributed by atoms with van der Waals surface area (Å²) >= 11 is 0. The second-order valence-electron chi connectivity index (χ2n) is 10.2. The van der Waals surface area contributed by atoms with Gasteiger partial charge in [-0.05, 0) is 43.1 Å². The minimum Gasteiger partial charge on any atom is -0.379 e. The molecule has 0 spiro atoms. The van der Waals surface area contributed by atoms with Crippen LogP contribution in [0.5, 0.6) is 0 Å². The Morgan fingerprint density at radius 1 is 1.03 bits per heavy atom. The minimum atomic E-state index is -0.185. The second kappa shape index (κ2) is 10.2. The van der Waals surface area contributed by atoms with Crippen molar-refractivity contribution in [3.63, 3.8) is 0 Å². The molecule has 1 N–H and O–H groups in total. The fourth-order valence-corrected chi connectivity index (χ4v) is 6.21. The van der Waals surface area contributed by atoms with Gasteiger partial charge in [0, 0.05) is 57.1 Å². The molecule has 3 aliphatic heterocycles. The van der Waals surface area contributed by atoms with Crippen LogP contribution in [0, 0.1) is 0 Å². The quantitative estimate of drug-likeness (QED) is 0.504. The third kappa shape index (κ3) is 4.38. The number of fused-ring (bicyclic) bond motifs is 6. The van der Waals surface area contributed by atoms with Gasteiger partial charge >= 0.3 is 0 Å². The molecule has 8 heteroatoms. The number of hydrogen-bond acceptors (Lipinski definition) is 5. The fraction of sp³-hybridized carbons (Fsp3) is 0.448. The predicted molar refractivity (Wildman–Crippen MR) is 144 cm³/mol. The van der Waals surface area contributed by atoms with Crippen LogP contribution in [0.4, 0.5) is 5.69 Å². The third-order valence-electron chi connectivity index (χ3n) is 8.04. The highest BCUT2D eigenvalue weighted by Crippen LogP contribution is 2.44. The highest BCUT2D eigenvalue weighted by atomic mass is 16.5. The first-order chi connectivity index (χ1) is 18.1. The van der Waals surface area contributed by atoms with Crippen LogP contribution in [0.1, 0.15) is 40.6 Å². The maximum Gasteiger partial charge on any atom is 0.257 e. The van der Waals surface area contributed by atoms with Gasteiger partial charge in [0.05, 0.1) is 30.2 Å². The van der Waals surface area contributed by atoms with Crippen LogP contribution in [0.25, 0.3) is 10.9 Å². The molecule has 0 radical (unpaired) electrons. The number of carbonyl (C=O) groups excluding carboxylic acids is 2. The number of nitrogens with one attached hydrogen (secondary N) is 1. The molecule has 2 amide bonds. The minimum absolute atomic E-state index is 0.0691. The summed E-state index contributed by atoms with van der Waals surface area (Å²) in [6.45, 7) is 6.48. The van der Waals surface area contributed by atoms with Crippen molar-refractivity contribution in [1.82, 2.24) is 19.7 Å². The van der Waals surface area contributed by atoms with Crippen molar-refractivity contribution in [3.05, 3.63) is 65.4 Å².